The van der Waals surface area contributed by atoms with Gasteiger partial charge in [-0.05, 0) is 83.1 Å². The minimum absolute atomic E-state index is 0.130. The summed E-state index contributed by atoms with van der Waals surface area (Å²) < 4.78 is 41.1. The summed E-state index contributed by atoms with van der Waals surface area (Å²) in [5.74, 6) is 1.73. The molecule has 0 spiro atoms. The van der Waals surface area contributed by atoms with Crippen LogP contribution < -0.4 is 18.9 Å². The molecule has 0 aliphatic carbocycles. The van der Waals surface area contributed by atoms with Crippen LogP contribution in [0.1, 0.15) is 22.3 Å². The summed E-state index contributed by atoms with van der Waals surface area (Å²) in [4.78, 5) is 10.4. The summed E-state index contributed by atoms with van der Waals surface area (Å²) in [6.45, 7) is 0.130. The molecular formula is C33H32FNO7. The number of nitro groups is 1. The number of halogens is 1. The minimum Gasteiger partial charge on any atom is -0.497 e. The molecule has 0 saturated carbocycles. The van der Waals surface area contributed by atoms with Gasteiger partial charge in [-0.1, -0.05) is 36.4 Å². The highest BCUT2D eigenvalue weighted by Gasteiger charge is 2.15. The van der Waals surface area contributed by atoms with Gasteiger partial charge in [-0.2, -0.15) is 4.39 Å². The number of ether oxygens (including phenoxy) is 5. The minimum atomic E-state index is -0.879. The number of nitrogens with zero attached hydrogens (tertiary/aromatic N) is 1. The monoisotopic (exact) mass is 573 g/mol. The number of hydrogen-bond donors (Lipinski definition) is 0. The van der Waals surface area contributed by atoms with E-state index in [1.807, 2.05) is 54.6 Å². The van der Waals surface area contributed by atoms with E-state index in [1.165, 1.54) is 12.1 Å². The van der Waals surface area contributed by atoms with Crippen LogP contribution >= 0.6 is 0 Å². The maximum atomic E-state index is 13.8. The second-order valence-electron chi connectivity index (χ2n) is 9.33. The average Bonchev–Trinajstić information content (AvgIpc) is 3.01. The third-order valence-electron chi connectivity index (χ3n) is 6.70. The highest BCUT2D eigenvalue weighted by atomic mass is 19.1. The van der Waals surface area contributed by atoms with Gasteiger partial charge in [-0.15, -0.1) is 0 Å². The summed E-state index contributed by atoms with van der Waals surface area (Å²) in [7, 11) is 6.37. The molecule has 0 saturated heterocycles. The largest absolute Gasteiger partial charge is 0.497 e. The lowest BCUT2D eigenvalue weighted by molar-refractivity contribution is -0.387. The van der Waals surface area contributed by atoms with Crippen molar-refractivity contribution in [3.05, 3.63) is 111 Å². The smallest absolute Gasteiger partial charge is 0.305 e. The Morgan fingerprint density at radius 3 is 2.10 bits per heavy atom. The quantitative estimate of drug-likeness (QED) is 0.0714. The first kappa shape index (κ1) is 30.1. The fourth-order valence-electron chi connectivity index (χ4n) is 4.52. The molecule has 0 heterocycles. The van der Waals surface area contributed by atoms with E-state index in [0.29, 0.717) is 28.6 Å². The van der Waals surface area contributed by atoms with Crippen molar-refractivity contribution in [1.82, 2.24) is 0 Å². The van der Waals surface area contributed by atoms with Gasteiger partial charge in [-0.3, -0.25) is 10.1 Å². The highest BCUT2D eigenvalue weighted by molar-refractivity contribution is 5.84. The van der Waals surface area contributed by atoms with E-state index in [1.54, 1.807) is 34.5 Å². The molecule has 4 aromatic carbocycles. The Bertz CT molecular complexity index is 1590. The topological polar surface area (TPSA) is 89.3 Å². The highest BCUT2D eigenvalue weighted by Crippen LogP contribution is 2.36. The van der Waals surface area contributed by atoms with Gasteiger partial charge in [-0.25, -0.2) is 0 Å². The Kier molecular flexibility index (Phi) is 10.1. The number of hydrogen-bond acceptors (Lipinski definition) is 7. The number of aryl methyl sites for hydroxylation is 2. The third-order valence-corrected chi connectivity index (χ3v) is 6.70. The molecule has 0 amide bonds. The van der Waals surface area contributed by atoms with Crippen LogP contribution in [0.2, 0.25) is 0 Å². The van der Waals surface area contributed by atoms with E-state index in [4.69, 9.17) is 23.7 Å². The van der Waals surface area contributed by atoms with Crippen LogP contribution in [0.25, 0.3) is 23.3 Å². The standard InChI is InChI=1S/C33H32FNO7/c1-38-21-42-33-19-24(10-16-31(33)40-3)6-5-23-8-13-28(32(18-23)41-4)27-14-12-26(39-2)20-25(27)11-7-22-9-15-29(34)30(17-22)35(36)37/h7-20H,5-6,21H2,1-4H3/b11-7-. The maximum Gasteiger partial charge on any atom is 0.305 e. The SMILES string of the molecule is COCOc1cc(CCc2ccc(-c3ccc(OC)cc3/C=C\c3ccc(F)c([N+](=O)[O-])c3)c(OC)c2)ccc1OC. The van der Waals surface area contributed by atoms with Gasteiger partial charge in [0.2, 0.25) is 5.82 Å². The van der Waals surface area contributed by atoms with E-state index in [2.05, 4.69) is 6.07 Å². The van der Waals surface area contributed by atoms with Gasteiger partial charge in [0.25, 0.3) is 0 Å². The molecule has 0 fully saturated rings. The van der Waals surface area contributed by atoms with Crippen LogP contribution in [-0.4, -0.2) is 40.2 Å². The molecule has 4 rings (SSSR count). The molecule has 9 heteroatoms. The number of methoxy groups -OCH3 is 4. The van der Waals surface area contributed by atoms with E-state index in [0.717, 1.165) is 46.7 Å². The molecule has 0 atom stereocenters. The lowest BCUT2D eigenvalue weighted by atomic mass is 9.95. The van der Waals surface area contributed by atoms with Crippen molar-refractivity contribution < 1.29 is 33.0 Å². The van der Waals surface area contributed by atoms with Gasteiger partial charge < -0.3 is 23.7 Å². The van der Waals surface area contributed by atoms with Gasteiger partial charge in [0.1, 0.15) is 11.5 Å². The van der Waals surface area contributed by atoms with E-state index in [-0.39, 0.29) is 6.79 Å². The molecule has 4 aromatic rings. The Hall–Kier alpha value is -4.89. The van der Waals surface area contributed by atoms with Crippen LogP contribution in [0.3, 0.4) is 0 Å². The molecule has 42 heavy (non-hydrogen) atoms. The Morgan fingerprint density at radius 1 is 0.738 bits per heavy atom. The Balaban J connectivity index is 1.61. The van der Waals surface area contributed by atoms with Crippen molar-refractivity contribution in [2.75, 3.05) is 35.2 Å². The molecule has 0 aliphatic rings. The van der Waals surface area contributed by atoms with Crippen LogP contribution in [0.15, 0.2) is 72.8 Å². The maximum absolute atomic E-state index is 13.8. The van der Waals surface area contributed by atoms with Crippen molar-refractivity contribution >= 4 is 17.8 Å². The molecule has 0 N–H and O–H groups in total. The van der Waals surface area contributed by atoms with Crippen molar-refractivity contribution in [3.8, 4) is 34.1 Å². The lowest BCUT2D eigenvalue weighted by Crippen LogP contribution is -2.02. The molecule has 8 nitrogen and oxygen atoms in total. The molecule has 218 valence electrons. The molecule has 0 radical (unpaired) electrons. The first-order chi connectivity index (χ1) is 20.4. The molecule has 0 bridgehead atoms. The van der Waals surface area contributed by atoms with Crippen molar-refractivity contribution in [2.24, 2.45) is 0 Å². The number of benzene rings is 4. The average molecular weight is 574 g/mol. The molecule has 0 aromatic heterocycles. The Morgan fingerprint density at radius 2 is 1.43 bits per heavy atom. The predicted molar refractivity (Wildman–Crippen MR) is 160 cm³/mol. The van der Waals surface area contributed by atoms with Crippen molar-refractivity contribution in [1.29, 1.82) is 0 Å². The fraction of sp³-hybridized carbons (Fsp3) is 0.212. The number of nitro benzene ring substituents is 1. The van der Waals surface area contributed by atoms with Crippen molar-refractivity contribution in [3.63, 3.8) is 0 Å². The molecule has 0 aliphatic heterocycles. The van der Waals surface area contributed by atoms with Crippen LogP contribution in [0, 0.1) is 15.9 Å². The first-order valence-corrected chi connectivity index (χ1v) is 13.1. The molecule has 0 unspecified atom stereocenters. The first-order valence-electron chi connectivity index (χ1n) is 13.1. The van der Waals surface area contributed by atoms with E-state index < -0.39 is 16.4 Å². The van der Waals surface area contributed by atoms with E-state index in [9.17, 15) is 14.5 Å². The summed E-state index contributed by atoms with van der Waals surface area (Å²) in [5.41, 5.74) is 4.65. The van der Waals surface area contributed by atoms with Crippen LogP contribution in [0.5, 0.6) is 23.0 Å². The fourth-order valence-corrected chi connectivity index (χ4v) is 4.52. The predicted octanol–water partition coefficient (Wildman–Crippen LogP) is 7.37. The second kappa shape index (κ2) is 14.1. The van der Waals surface area contributed by atoms with Crippen LogP contribution in [0.4, 0.5) is 10.1 Å². The molecular weight excluding hydrogens is 541 g/mol. The lowest BCUT2D eigenvalue weighted by Gasteiger charge is -2.15. The third kappa shape index (κ3) is 7.24. The van der Waals surface area contributed by atoms with Crippen LogP contribution in [-0.2, 0) is 17.6 Å². The zero-order chi connectivity index (χ0) is 30.1. The zero-order valence-corrected chi connectivity index (χ0v) is 23.9. The van der Waals surface area contributed by atoms with Gasteiger partial charge in [0.15, 0.2) is 18.3 Å². The second-order valence-corrected chi connectivity index (χ2v) is 9.33. The summed E-state index contributed by atoms with van der Waals surface area (Å²) in [5, 5.41) is 11.2. The van der Waals surface area contributed by atoms with E-state index >= 15 is 0 Å². The Labute approximate surface area is 244 Å². The summed E-state index contributed by atoms with van der Waals surface area (Å²) in [6, 6.07) is 21.4. The normalized spacial score (nSPS) is 11.0. The van der Waals surface area contributed by atoms with Crippen molar-refractivity contribution in [2.45, 2.75) is 12.8 Å². The van der Waals surface area contributed by atoms with Gasteiger partial charge >= 0.3 is 5.69 Å². The number of rotatable bonds is 13. The van der Waals surface area contributed by atoms with Gasteiger partial charge in [0, 0.05) is 18.7 Å². The zero-order valence-electron chi connectivity index (χ0n) is 23.9. The summed E-state index contributed by atoms with van der Waals surface area (Å²) >= 11 is 0. The van der Waals surface area contributed by atoms with Gasteiger partial charge in [0.05, 0.1) is 26.3 Å². The summed E-state index contributed by atoms with van der Waals surface area (Å²) in [6.07, 6.45) is 5.06.